The molecule has 1 saturated carbocycles. The van der Waals surface area contributed by atoms with E-state index in [1.807, 2.05) is 65.0 Å². The number of carbonyl (C=O) groups is 4. The number of rotatable bonds is 6. The quantitative estimate of drug-likeness (QED) is 0.173. The van der Waals surface area contributed by atoms with Gasteiger partial charge < -0.3 is 9.84 Å². The van der Waals surface area contributed by atoms with Gasteiger partial charge in [-0.25, -0.2) is 4.90 Å². The first kappa shape index (κ1) is 34.7. The highest BCUT2D eigenvalue weighted by atomic mass is 35.5. The predicted molar refractivity (Wildman–Crippen MR) is 199 cm³/mol. The summed E-state index contributed by atoms with van der Waals surface area (Å²) in [5, 5.41) is 15.8. The van der Waals surface area contributed by atoms with E-state index in [-0.39, 0.29) is 43.3 Å². The minimum absolute atomic E-state index is 0.126. The molecular weight excluding hydrogens is 700 g/mol. The highest BCUT2D eigenvalue weighted by Gasteiger charge is 2.68. The van der Waals surface area contributed by atoms with E-state index in [1.54, 1.807) is 41.3 Å². The van der Waals surface area contributed by atoms with Gasteiger partial charge in [-0.1, -0.05) is 35.4 Å². The Labute approximate surface area is 311 Å². The fourth-order valence-corrected chi connectivity index (χ4v) is 10.7. The first-order valence-corrected chi connectivity index (χ1v) is 18.9. The van der Waals surface area contributed by atoms with Crippen molar-refractivity contribution < 1.29 is 29.0 Å². The van der Waals surface area contributed by atoms with Crippen LogP contribution in [0.5, 0.6) is 5.75 Å². The Morgan fingerprint density at radius 1 is 1.02 bits per heavy atom. The molecule has 6 atom stereocenters. The van der Waals surface area contributed by atoms with Gasteiger partial charge in [-0.3, -0.25) is 28.8 Å². The molecule has 0 spiro atoms. The minimum atomic E-state index is -1.19. The largest absolute Gasteiger partial charge is 0.491 e. The monoisotopic (exact) mass is 740 g/mol. The Morgan fingerprint density at radius 2 is 1.75 bits per heavy atom. The number of allylic oxidation sites excluding steroid dienone is 2. The molecule has 4 amide bonds. The zero-order valence-electron chi connectivity index (χ0n) is 30.0. The van der Waals surface area contributed by atoms with Crippen molar-refractivity contribution in [2.24, 2.45) is 36.1 Å². The minimum Gasteiger partial charge on any atom is -0.491 e. The second-order valence-electron chi connectivity index (χ2n) is 15.7. The van der Waals surface area contributed by atoms with Crippen LogP contribution in [0, 0.1) is 36.0 Å². The Kier molecular flexibility index (Phi) is 8.09. The van der Waals surface area contributed by atoms with E-state index in [9.17, 15) is 19.5 Å². The summed E-state index contributed by atoms with van der Waals surface area (Å²) in [6.07, 6.45) is 2.72. The molecular formula is C40H41ClN4O6S. The van der Waals surface area contributed by atoms with Gasteiger partial charge in [0.15, 0.2) is 0 Å². The highest BCUT2D eigenvalue weighted by molar-refractivity contribution is 7.22. The molecule has 1 N–H and O–H groups in total. The number of aliphatic hydroxyl groups excluding tert-OH is 1. The highest BCUT2D eigenvalue weighted by Crippen LogP contribution is 2.64. The molecule has 0 unspecified atom stereocenters. The number of aromatic nitrogens is 2. The topological polar surface area (TPSA) is 122 Å². The number of fused-ring (bicyclic) bond motifs is 5. The molecule has 270 valence electrons. The lowest BCUT2D eigenvalue weighted by atomic mass is 9.51. The molecule has 2 aromatic heterocycles. The zero-order chi connectivity index (χ0) is 37.0. The molecule has 2 aromatic carbocycles. The molecule has 8 rings (SSSR count). The number of halogens is 1. The number of anilines is 1. The third-order valence-corrected chi connectivity index (χ3v) is 13.3. The van der Waals surface area contributed by atoms with Gasteiger partial charge >= 0.3 is 0 Å². The van der Waals surface area contributed by atoms with Gasteiger partial charge in [0.25, 0.3) is 0 Å². The lowest BCUT2D eigenvalue weighted by Gasteiger charge is -2.49. The van der Waals surface area contributed by atoms with E-state index in [0.717, 1.165) is 31.7 Å². The van der Waals surface area contributed by atoms with Gasteiger partial charge in [0.05, 0.1) is 34.7 Å². The number of hydrogen-bond donors (Lipinski definition) is 1. The molecule has 4 aromatic rings. The summed E-state index contributed by atoms with van der Waals surface area (Å²) in [5.74, 6) is -2.92. The molecule has 2 aliphatic heterocycles. The molecule has 10 nitrogen and oxygen atoms in total. The number of hydrogen-bond acceptors (Lipinski definition) is 8. The average molecular weight is 741 g/mol. The van der Waals surface area contributed by atoms with Crippen LogP contribution in [0.15, 0.2) is 60.2 Å². The SMILES string of the molecule is Cc1c(-c2cc(N3C(=O)[C@@H]4C[C@@H]5C(=CC[C@@H]6C(=O)N(C(C)(C)C)C(=O)[C@@H]65)[C@H](c5ccc(OCCO)cc5)[C@]4(C)C3=O)n(C)n2)sc2ccc(Cl)cc12. The maximum absolute atomic E-state index is 15.1. The smallest absolute Gasteiger partial charge is 0.242 e. The number of thiophene rings is 1. The van der Waals surface area contributed by atoms with Crippen LogP contribution in [0.2, 0.25) is 5.02 Å². The molecule has 2 aliphatic carbocycles. The number of amides is 4. The molecule has 3 fully saturated rings. The third kappa shape index (κ3) is 4.95. The van der Waals surface area contributed by atoms with Crippen molar-refractivity contribution in [2.75, 3.05) is 18.1 Å². The van der Waals surface area contributed by atoms with Crippen LogP contribution in [0.1, 0.15) is 57.6 Å². The van der Waals surface area contributed by atoms with Crippen LogP contribution >= 0.6 is 22.9 Å². The average Bonchev–Trinajstić information content (AvgIpc) is 3.77. The zero-order valence-corrected chi connectivity index (χ0v) is 31.5. The fourth-order valence-electron chi connectivity index (χ4n) is 9.41. The van der Waals surface area contributed by atoms with E-state index in [0.29, 0.717) is 28.7 Å². The maximum Gasteiger partial charge on any atom is 0.242 e. The van der Waals surface area contributed by atoms with Gasteiger partial charge in [0, 0.05) is 34.3 Å². The van der Waals surface area contributed by atoms with Gasteiger partial charge in [0.2, 0.25) is 23.6 Å². The van der Waals surface area contributed by atoms with Crippen LogP contribution in [-0.4, -0.2) is 62.2 Å². The summed E-state index contributed by atoms with van der Waals surface area (Å²) >= 11 is 7.90. The number of aliphatic hydroxyl groups is 1. The van der Waals surface area contributed by atoms with Crippen molar-refractivity contribution in [1.82, 2.24) is 14.7 Å². The Hall–Kier alpha value is -4.32. The summed E-state index contributed by atoms with van der Waals surface area (Å²) < 4.78 is 8.30. The second kappa shape index (κ2) is 12.1. The number of aryl methyl sites for hydroxylation is 2. The number of likely N-dealkylation sites (tertiary alicyclic amines) is 1. The first-order valence-electron chi connectivity index (χ1n) is 17.7. The third-order valence-electron chi connectivity index (χ3n) is 11.7. The van der Waals surface area contributed by atoms with Crippen molar-refractivity contribution in [3.63, 3.8) is 0 Å². The summed E-state index contributed by atoms with van der Waals surface area (Å²) in [5.41, 5.74) is 1.53. The maximum atomic E-state index is 15.1. The number of ether oxygens (including phenoxy) is 1. The predicted octanol–water partition coefficient (Wildman–Crippen LogP) is 6.66. The molecule has 4 heterocycles. The van der Waals surface area contributed by atoms with Crippen molar-refractivity contribution >= 4 is 62.5 Å². The summed E-state index contributed by atoms with van der Waals surface area (Å²) in [6, 6.07) is 15.0. The molecule has 2 saturated heterocycles. The Bertz CT molecular complexity index is 2220. The summed E-state index contributed by atoms with van der Waals surface area (Å²) in [4.78, 5) is 61.4. The molecule has 52 heavy (non-hydrogen) atoms. The second-order valence-corrected chi connectivity index (χ2v) is 17.2. The van der Waals surface area contributed by atoms with Crippen LogP contribution in [-0.2, 0) is 26.2 Å². The van der Waals surface area contributed by atoms with Crippen LogP contribution < -0.4 is 9.64 Å². The van der Waals surface area contributed by atoms with Crippen LogP contribution in [0.4, 0.5) is 5.82 Å². The molecule has 0 radical (unpaired) electrons. The number of carbonyl (C=O) groups excluding carboxylic acids is 4. The summed E-state index contributed by atoms with van der Waals surface area (Å²) in [6.45, 7) is 9.51. The van der Waals surface area contributed by atoms with Crippen LogP contribution in [0.3, 0.4) is 0 Å². The fraction of sp³-hybridized carbons (Fsp3) is 0.425. The lowest BCUT2D eigenvalue weighted by Crippen LogP contribution is -2.49. The first-order chi connectivity index (χ1) is 24.7. The van der Waals surface area contributed by atoms with Gasteiger partial charge in [-0.05, 0) is 100 Å². The molecule has 0 bridgehead atoms. The van der Waals surface area contributed by atoms with Gasteiger partial charge in [-0.15, -0.1) is 11.3 Å². The number of nitrogens with zero attached hydrogens (tertiary/aromatic N) is 4. The normalized spacial score (nSPS) is 27.3. The van der Waals surface area contributed by atoms with Crippen molar-refractivity contribution in [3.8, 4) is 16.3 Å². The van der Waals surface area contributed by atoms with E-state index in [1.165, 1.54) is 9.80 Å². The molecule has 4 aliphatic rings. The summed E-state index contributed by atoms with van der Waals surface area (Å²) in [7, 11) is 1.74. The van der Waals surface area contributed by atoms with Crippen molar-refractivity contribution in [3.05, 3.63) is 76.3 Å². The van der Waals surface area contributed by atoms with Gasteiger partial charge in [0.1, 0.15) is 23.9 Å². The van der Waals surface area contributed by atoms with E-state index < -0.39 is 40.5 Å². The van der Waals surface area contributed by atoms with E-state index >= 15 is 4.79 Å². The van der Waals surface area contributed by atoms with E-state index in [2.05, 4.69) is 6.08 Å². The lowest BCUT2D eigenvalue weighted by molar-refractivity contribution is -0.145. The number of imide groups is 2. The van der Waals surface area contributed by atoms with Crippen molar-refractivity contribution in [2.45, 2.75) is 58.9 Å². The van der Waals surface area contributed by atoms with E-state index in [4.69, 9.17) is 21.4 Å². The van der Waals surface area contributed by atoms with Gasteiger partial charge in [-0.2, -0.15) is 5.10 Å². The van der Waals surface area contributed by atoms with Crippen LogP contribution in [0.25, 0.3) is 20.7 Å². The Balaban J connectivity index is 1.23. The van der Waals surface area contributed by atoms with Crippen molar-refractivity contribution in [1.29, 1.82) is 0 Å². The molecule has 12 heteroatoms. The standard InChI is InChI=1S/C40H41ClN4O6S/c1-20-26-17-22(41)9-14-30(26)52-34(20)29-19-31(43(6)42-29)44-36(48)28-18-27-24(12-13-25-32(27)37(49)45(35(25)47)39(2,3)4)33(40(28,5)38(44)50)21-7-10-23(11-8-21)51-16-15-46/h7-12,14,17,19,25,27-28,32-33,46H,13,15-16,18H2,1-6H3/t25-,27+,28-,32-,33-,40+/m0/s1. The number of benzene rings is 2. The Morgan fingerprint density at radius 3 is 2.44 bits per heavy atom.